The molecular weight excluding hydrogens is 342 g/mol. The number of amides is 1. The highest BCUT2D eigenvalue weighted by molar-refractivity contribution is 6.13. The second-order valence-electron chi connectivity index (χ2n) is 6.96. The molecule has 1 amide bonds. The standard InChI is InChI=1S/C20H23N5O2/c1-27-15-4-2-3-14(6-7-15)23-20-24-18(19(26)25-20)12-13-5-8-16-17(11-13)22-10-9-21-16/h5,8-12,14-15H,2-4,6-7H2,1H3,(H2,23,24,25,26)/b18-12-. The number of rotatable bonds is 3. The molecule has 2 atom stereocenters. The summed E-state index contributed by atoms with van der Waals surface area (Å²) in [6.45, 7) is 0. The summed E-state index contributed by atoms with van der Waals surface area (Å²) in [5.41, 5.74) is 2.88. The molecule has 1 saturated carbocycles. The van der Waals surface area contributed by atoms with Gasteiger partial charge in [0, 0.05) is 25.5 Å². The van der Waals surface area contributed by atoms with Gasteiger partial charge in [0.15, 0.2) is 0 Å². The van der Waals surface area contributed by atoms with Crippen molar-refractivity contribution in [3.05, 3.63) is 41.9 Å². The fourth-order valence-corrected chi connectivity index (χ4v) is 3.61. The summed E-state index contributed by atoms with van der Waals surface area (Å²) in [4.78, 5) is 25.3. The van der Waals surface area contributed by atoms with Crippen molar-refractivity contribution in [1.82, 2.24) is 20.6 Å². The lowest BCUT2D eigenvalue weighted by atomic mass is 10.1. The third-order valence-electron chi connectivity index (χ3n) is 5.08. The summed E-state index contributed by atoms with van der Waals surface area (Å²) in [6.07, 6.45) is 10.7. The first kappa shape index (κ1) is 17.6. The average Bonchev–Trinajstić information content (AvgIpc) is 2.88. The molecule has 1 aliphatic carbocycles. The number of aromatic nitrogens is 2. The zero-order valence-electron chi connectivity index (χ0n) is 15.3. The molecular formula is C20H23N5O2. The first-order chi connectivity index (χ1) is 13.2. The Labute approximate surface area is 158 Å². The number of carbonyl (C=O) groups is 1. The second kappa shape index (κ2) is 7.84. The SMILES string of the molecule is COC1CCCC(NC2=N/C(=C\c3ccc4nccnc4c3)C(=O)N2)CC1. The maximum absolute atomic E-state index is 12.3. The molecule has 7 nitrogen and oxygen atoms in total. The van der Waals surface area contributed by atoms with Gasteiger partial charge in [0.2, 0.25) is 5.96 Å². The molecule has 0 bridgehead atoms. The molecule has 1 aliphatic heterocycles. The lowest BCUT2D eigenvalue weighted by Crippen LogP contribution is -2.42. The highest BCUT2D eigenvalue weighted by Crippen LogP contribution is 2.21. The Morgan fingerprint density at radius 1 is 1.15 bits per heavy atom. The quantitative estimate of drug-likeness (QED) is 0.644. The Morgan fingerprint density at radius 3 is 2.85 bits per heavy atom. The number of benzene rings is 1. The van der Waals surface area contributed by atoms with Crippen LogP contribution in [0.5, 0.6) is 0 Å². The fraction of sp³-hybridized carbons (Fsp3) is 0.400. The predicted molar refractivity (Wildman–Crippen MR) is 104 cm³/mol. The molecule has 27 heavy (non-hydrogen) atoms. The number of hydrogen-bond acceptors (Lipinski definition) is 6. The Hall–Kier alpha value is -2.80. The van der Waals surface area contributed by atoms with E-state index >= 15 is 0 Å². The normalized spacial score (nSPS) is 24.6. The fourth-order valence-electron chi connectivity index (χ4n) is 3.61. The number of nitrogens with zero attached hydrogens (tertiary/aromatic N) is 3. The van der Waals surface area contributed by atoms with Crippen molar-refractivity contribution in [2.45, 2.75) is 44.2 Å². The molecule has 1 fully saturated rings. The molecule has 2 unspecified atom stereocenters. The van der Waals surface area contributed by atoms with E-state index in [-0.39, 0.29) is 5.91 Å². The zero-order valence-corrected chi connectivity index (χ0v) is 15.3. The van der Waals surface area contributed by atoms with Crippen LogP contribution in [0, 0.1) is 0 Å². The summed E-state index contributed by atoms with van der Waals surface area (Å²) in [5.74, 6) is 0.341. The van der Waals surface area contributed by atoms with Crippen molar-refractivity contribution >= 4 is 29.0 Å². The number of nitrogens with one attached hydrogen (secondary N) is 2. The van der Waals surface area contributed by atoms with Gasteiger partial charge in [-0.1, -0.05) is 6.07 Å². The first-order valence-corrected chi connectivity index (χ1v) is 9.33. The van der Waals surface area contributed by atoms with E-state index in [0.29, 0.717) is 23.8 Å². The van der Waals surface area contributed by atoms with E-state index in [9.17, 15) is 4.79 Å². The van der Waals surface area contributed by atoms with E-state index in [0.717, 1.165) is 48.7 Å². The number of fused-ring (bicyclic) bond motifs is 1. The molecule has 4 rings (SSSR count). The van der Waals surface area contributed by atoms with Crippen molar-refractivity contribution in [3.63, 3.8) is 0 Å². The summed E-state index contributed by atoms with van der Waals surface area (Å²) in [7, 11) is 1.77. The van der Waals surface area contributed by atoms with Crippen molar-refractivity contribution in [3.8, 4) is 0 Å². The zero-order chi connectivity index (χ0) is 18.6. The Kier molecular flexibility index (Phi) is 5.11. The van der Waals surface area contributed by atoms with Crippen LogP contribution < -0.4 is 10.6 Å². The highest BCUT2D eigenvalue weighted by Gasteiger charge is 2.24. The van der Waals surface area contributed by atoms with Crippen LogP contribution in [-0.2, 0) is 9.53 Å². The molecule has 2 heterocycles. The minimum Gasteiger partial charge on any atom is -0.381 e. The first-order valence-electron chi connectivity index (χ1n) is 9.33. The largest absolute Gasteiger partial charge is 0.381 e. The molecule has 1 aromatic carbocycles. The minimum absolute atomic E-state index is 0.194. The Morgan fingerprint density at radius 2 is 2.00 bits per heavy atom. The maximum Gasteiger partial charge on any atom is 0.276 e. The van der Waals surface area contributed by atoms with Gasteiger partial charge in [-0.3, -0.25) is 20.1 Å². The number of aliphatic imine (C=N–C) groups is 1. The molecule has 2 N–H and O–H groups in total. The summed E-state index contributed by atoms with van der Waals surface area (Å²) >= 11 is 0. The van der Waals surface area contributed by atoms with Crippen molar-refractivity contribution in [1.29, 1.82) is 0 Å². The van der Waals surface area contributed by atoms with E-state index < -0.39 is 0 Å². The summed E-state index contributed by atoms with van der Waals surface area (Å²) in [5, 5.41) is 6.20. The summed E-state index contributed by atoms with van der Waals surface area (Å²) in [6, 6.07) is 6.01. The second-order valence-corrected chi connectivity index (χ2v) is 6.96. The lowest BCUT2D eigenvalue weighted by molar-refractivity contribution is -0.115. The van der Waals surface area contributed by atoms with Crippen LogP contribution in [0.15, 0.2) is 41.3 Å². The highest BCUT2D eigenvalue weighted by atomic mass is 16.5. The van der Waals surface area contributed by atoms with E-state index in [4.69, 9.17) is 4.74 Å². The van der Waals surface area contributed by atoms with Crippen LogP contribution in [0.1, 0.15) is 37.7 Å². The molecule has 0 saturated heterocycles. The average molecular weight is 365 g/mol. The lowest BCUT2D eigenvalue weighted by Gasteiger charge is -2.17. The van der Waals surface area contributed by atoms with Crippen LogP contribution >= 0.6 is 0 Å². The monoisotopic (exact) mass is 365 g/mol. The Balaban J connectivity index is 1.47. The van der Waals surface area contributed by atoms with Gasteiger partial charge in [-0.05, 0) is 55.9 Å². The van der Waals surface area contributed by atoms with Crippen molar-refractivity contribution in [2.24, 2.45) is 4.99 Å². The molecule has 140 valence electrons. The Bertz CT molecular complexity index is 908. The maximum atomic E-state index is 12.3. The van der Waals surface area contributed by atoms with Crippen LogP contribution in [0.25, 0.3) is 17.1 Å². The van der Waals surface area contributed by atoms with E-state index in [1.807, 2.05) is 18.2 Å². The van der Waals surface area contributed by atoms with Crippen molar-refractivity contribution < 1.29 is 9.53 Å². The molecule has 2 aliphatic rings. The molecule has 0 spiro atoms. The van der Waals surface area contributed by atoms with Crippen LogP contribution in [0.4, 0.5) is 0 Å². The number of ether oxygens (including phenoxy) is 1. The number of hydrogen-bond donors (Lipinski definition) is 2. The van der Waals surface area contributed by atoms with Crippen LogP contribution in [0.2, 0.25) is 0 Å². The van der Waals surface area contributed by atoms with Gasteiger partial charge in [0.25, 0.3) is 5.91 Å². The minimum atomic E-state index is -0.194. The van der Waals surface area contributed by atoms with Crippen LogP contribution in [-0.4, -0.2) is 41.1 Å². The van der Waals surface area contributed by atoms with E-state index in [2.05, 4.69) is 25.6 Å². The summed E-state index contributed by atoms with van der Waals surface area (Å²) < 4.78 is 5.47. The molecule has 2 aromatic rings. The van der Waals surface area contributed by atoms with Gasteiger partial charge in [-0.2, -0.15) is 0 Å². The molecule has 0 radical (unpaired) electrons. The predicted octanol–water partition coefficient (Wildman–Crippen LogP) is 2.39. The third-order valence-corrected chi connectivity index (χ3v) is 5.08. The van der Waals surface area contributed by atoms with Gasteiger partial charge in [-0.25, -0.2) is 4.99 Å². The molecule has 7 heteroatoms. The molecule has 1 aromatic heterocycles. The topological polar surface area (TPSA) is 88.5 Å². The van der Waals surface area contributed by atoms with Gasteiger partial charge < -0.3 is 10.1 Å². The number of carbonyl (C=O) groups excluding carboxylic acids is 1. The van der Waals surface area contributed by atoms with E-state index in [1.165, 1.54) is 0 Å². The van der Waals surface area contributed by atoms with E-state index in [1.54, 1.807) is 25.6 Å². The van der Waals surface area contributed by atoms with Gasteiger partial charge in [0.05, 0.1) is 17.1 Å². The van der Waals surface area contributed by atoms with Crippen LogP contribution in [0.3, 0.4) is 0 Å². The number of guanidine groups is 1. The number of methoxy groups -OCH3 is 1. The van der Waals surface area contributed by atoms with Gasteiger partial charge >= 0.3 is 0 Å². The van der Waals surface area contributed by atoms with Crippen molar-refractivity contribution in [2.75, 3.05) is 7.11 Å². The third kappa shape index (κ3) is 4.14. The van der Waals surface area contributed by atoms with Gasteiger partial charge in [-0.15, -0.1) is 0 Å². The van der Waals surface area contributed by atoms with Gasteiger partial charge in [0.1, 0.15) is 5.70 Å². The smallest absolute Gasteiger partial charge is 0.276 e.